The predicted octanol–water partition coefficient (Wildman–Crippen LogP) is 3.45. The lowest BCUT2D eigenvalue weighted by molar-refractivity contribution is 0.0696. The van der Waals surface area contributed by atoms with E-state index in [0.717, 1.165) is 44.3 Å². The van der Waals surface area contributed by atoms with Gasteiger partial charge in [0.2, 0.25) is 0 Å². The number of hydrogen-bond donors (Lipinski definition) is 2. The summed E-state index contributed by atoms with van der Waals surface area (Å²) in [5.41, 5.74) is 1.19. The Kier molecular flexibility index (Phi) is 4.52. The van der Waals surface area contributed by atoms with E-state index in [4.69, 9.17) is 16.7 Å². The van der Waals surface area contributed by atoms with E-state index in [1.54, 1.807) is 36.5 Å². The van der Waals surface area contributed by atoms with Gasteiger partial charge in [-0.05, 0) is 49.4 Å². The molecule has 2 fully saturated rings. The van der Waals surface area contributed by atoms with Crippen molar-refractivity contribution in [3.05, 3.63) is 58.2 Å². The number of aromatic nitrogens is 1. The van der Waals surface area contributed by atoms with Gasteiger partial charge in [0.1, 0.15) is 5.82 Å². The summed E-state index contributed by atoms with van der Waals surface area (Å²) < 4.78 is 0. The number of carboxylic acid groups (broad SMARTS) is 1. The molecule has 1 aliphatic carbocycles. The first kappa shape index (κ1) is 17.8. The van der Waals surface area contributed by atoms with E-state index in [9.17, 15) is 9.59 Å². The number of halogens is 1. The third kappa shape index (κ3) is 3.49. The van der Waals surface area contributed by atoms with Crippen molar-refractivity contribution < 1.29 is 14.7 Å². The van der Waals surface area contributed by atoms with Gasteiger partial charge in [-0.1, -0.05) is 23.7 Å². The van der Waals surface area contributed by atoms with E-state index in [1.165, 1.54) is 0 Å². The predicted molar refractivity (Wildman–Crippen MR) is 102 cm³/mol. The fraction of sp³-hybridized carbons (Fsp3) is 0.350. The van der Waals surface area contributed by atoms with Crippen LogP contribution < -0.4 is 10.2 Å². The smallest absolute Gasteiger partial charge is 0.335 e. The van der Waals surface area contributed by atoms with Crippen LogP contribution in [0.1, 0.15) is 52.0 Å². The van der Waals surface area contributed by atoms with Crippen LogP contribution in [0.25, 0.3) is 0 Å². The molecule has 2 N–H and O–H groups in total. The van der Waals surface area contributed by atoms with Crippen molar-refractivity contribution in [3.8, 4) is 0 Å². The van der Waals surface area contributed by atoms with Crippen molar-refractivity contribution in [2.45, 2.75) is 31.2 Å². The van der Waals surface area contributed by atoms with E-state index in [1.807, 2.05) is 0 Å². The molecule has 1 aliphatic heterocycles. The lowest BCUT2D eigenvalue weighted by atomic mass is 10.0. The summed E-state index contributed by atoms with van der Waals surface area (Å²) in [6.07, 6.45) is 5.39. The van der Waals surface area contributed by atoms with Crippen molar-refractivity contribution >= 4 is 29.3 Å². The van der Waals surface area contributed by atoms with Gasteiger partial charge in [-0.2, -0.15) is 0 Å². The Morgan fingerprint density at radius 3 is 2.41 bits per heavy atom. The second-order valence-electron chi connectivity index (χ2n) is 7.14. The lowest BCUT2D eigenvalue weighted by Crippen LogP contribution is -2.36. The van der Waals surface area contributed by atoms with Gasteiger partial charge in [-0.25, -0.2) is 9.78 Å². The lowest BCUT2D eigenvalue weighted by Gasteiger charge is -2.22. The number of hydrogen-bond acceptors (Lipinski definition) is 4. The molecule has 6 nitrogen and oxygen atoms in total. The highest BCUT2D eigenvalue weighted by molar-refractivity contribution is 6.31. The average Bonchev–Trinajstić information content (AvgIpc) is 3.23. The summed E-state index contributed by atoms with van der Waals surface area (Å²) in [5.74, 6) is -0.492. The van der Waals surface area contributed by atoms with Gasteiger partial charge in [0.15, 0.2) is 0 Å². The molecule has 0 spiro atoms. The maximum absolute atomic E-state index is 13.0. The number of rotatable bonds is 5. The third-order valence-corrected chi connectivity index (χ3v) is 5.48. The number of nitrogens with one attached hydrogen (secondary N) is 1. The standard InChI is InChI=1S/C20H20ClN3O3/c21-15-11-16(17(22-12-15)24-9-1-2-10-24)18(25)23-20(7-8-20)14-5-3-13(4-6-14)19(26)27/h3-6,11-12H,1-2,7-10H2,(H,23,25)(H,26,27). The monoisotopic (exact) mass is 385 g/mol. The highest BCUT2D eigenvalue weighted by Gasteiger charge is 2.46. The molecule has 1 amide bonds. The Morgan fingerprint density at radius 2 is 1.81 bits per heavy atom. The molecule has 1 saturated carbocycles. The summed E-state index contributed by atoms with van der Waals surface area (Å²) in [6.45, 7) is 1.77. The van der Waals surface area contributed by atoms with E-state index >= 15 is 0 Å². The van der Waals surface area contributed by atoms with Crippen LogP contribution in [0.5, 0.6) is 0 Å². The normalized spacial score (nSPS) is 17.6. The van der Waals surface area contributed by atoms with Gasteiger partial charge >= 0.3 is 5.97 Å². The zero-order valence-corrected chi connectivity index (χ0v) is 15.5. The molecule has 2 heterocycles. The van der Waals surface area contributed by atoms with Crippen LogP contribution in [-0.4, -0.2) is 35.1 Å². The number of aromatic carboxylic acids is 1. The molecule has 140 valence electrons. The fourth-order valence-corrected chi connectivity index (χ4v) is 3.77. The van der Waals surface area contributed by atoms with Crippen LogP contribution >= 0.6 is 11.6 Å². The zero-order chi connectivity index (χ0) is 19.0. The molecule has 2 aliphatic rings. The number of amides is 1. The Balaban J connectivity index is 1.58. The Bertz CT molecular complexity index is 888. The number of benzene rings is 1. The van der Waals surface area contributed by atoms with Gasteiger partial charge in [-0.3, -0.25) is 4.79 Å². The molecule has 0 bridgehead atoms. The van der Waals surface area contributed by atoms with Gasteiger partial charge in [0, 0.05) is 19.3 Å². The molecular weight excluding hydrogens is 366 g/mol. The van der Waals surface area contributed by atoms with Gasteiger partial charge in [0.25, 0.3) is 5.91 Å². The van der Waals surface area contributed by atoms with E-state index in [0.29, 0.717) is 16.4 Å². The third-order valence-electron chi connectivity index (χ3n) is 5.27. The molecule has 2 aromatic rings. The van der Waals surface area contributed by atoms with Crippen LogP contribution in [0.15, 0.2) is 36.5 Å². The van der Waals surface area contributed by atoms with Gasteiger partial charge < -0.3 is 15.3 Å². The Labute approximate surface area is 162 Å². The number of anilines is 1. The van der Waals surface area contributed by atoms with E-state index in [2.05, 4.69) is 15.2 Å². The largest absolute Gasteiger partial charge is 0.478 e. The van der Waals surface area contributed by atoms with Crippen molar-refractivity contribution in [1.29, 1.82) is 0 Å². The summed E-state index contributed by atoms with van der Waals surface area (Å²) in [6, 6.07) is 8.35. The summed E-state index contributed by atoms with van der Waals surface area (Å²) in [5, 5.41) is 12.6. The zero-order valence-electron chi connectivity index (χ0n) is 14.7. The van der Waals surface area contributed by atoms with Crippen molar-refractivity contribution in [3.63, 3.8) is 0 Å². The van der Waals surface area contributed by atoms with Crippen molar-refractivity contribution in [2.75, 3.05) is 18.0 Å². The summed E-state index contributed by atoms with van der Waals surface area (Å²) in [7, 11) is 0. The molecule has 1 saturated heterocycles. The SMILES string of the molecule is O=C(O)c1ccc(C2(NC(=O)c3cc(Cl)cnc3N3CCCC3)CC2)cc1. The minimum Gasteiger partial charge on any atom is -0.478 e. The van der Waals surface area contributed by atoms with Crippen molar-refractivity contribution in [1.82, 2.24) is 10.3 Å². The van der Waals surface area contributed by atoms with Crippen LogP contribution in [0.4, 0.5) is 5.82 Å². The number of carbonyl (C=O) groups is 2. The van der Waals surface area contributed by atoms with E-state index < -0.39 is 11.5 Å². The fourth-order valence-electron chi connectivity index (χ4n) is 3.61. The van der Waals surface area contributed by atoms with Crippen LogP contribution in [-0.2, 0) is 5.54 Å². The molecule has 1 aromatic carbocycles. The van der Waals surface area contributed by atoms with Gasteiger partial charge in [-0.15, -0.1) is 0 Å². The van der Waals surface area contributed by atoms with Crippen molar-refractivity contribution in [2.24, 2.45) is 0 Å². The highest BCUT2D eigenvalue weighted by atomic mass is 35.5. The Morgan fingerprint density at radius 1 is 1.15 bits per heavy atom. The molecule has 7 heteroatoms. The first-order valence-corrected chi connectivity index (χ1v) is 9.43. The second-order valence-corrected chi connectivity index (χ2v) is 7.57. The van der Waals surface area contributed by atoms with Crippen LogP contribution in [0.2, 0.25) is 5.02 Å². The minimum atomic E-state index is -0.962. The molecular formula is C20H20ClN3O3. The number of carboxylic acids is 1. The second kappa shape index (κ2) is 6.85. The number of pyridine rings is 1. The molecule has 0 unspecified atom stereocenters. The molecule has 4 rings (SSSR count). The quantitative estimate of drug-likeness (QED) is 0.823. The summed E-state index contributed by atoms with van der Waals surface area (Å²) >= 11 is 6.10. The first-order chi connectivity index (χ1) is 13.0. The Hall–Kier alpha value is -2.60. The molecule has 0 radical (unpaired) electrons. The number of nitrogens with zero attached hydrogens (tertiary/aromatic N) is 2. The van der Waals surface area contributed by atoms with Crippen LogP contribution in [0.3, 0.4) is 0 Å². The maximum atomic E-state index is 13.0. The van der Waals surface area contributed by atoms with Gasteiger partial charge in [0.05, 0.1) is 21.7 Å². The average molecular weight is 386 g/mol. The first-order valence-electron chi connectivity index (χ1n) is 9.05. The maximum Gasteiger partial charge on any atom is 0.335 e. The van der Waals surface area contributed by atoms with E-state index in [-0.39, 0.29) is 11.5 Å². The highest BCUT2D eigenvalue weighted by Crippen LogP contribution is 2.46. The minimum absolute atomic E-state index is 0.202. The topological polar surface area (TPSA) is 82.5 Å². The summed E-state index contributed by atoms with van der Waals surface area (Å²) in [4.78, 5) is 30.6. The molecule has 0 atom stereocenters. The molecule has 1 aromatic heterocycles. The number of carbonyl (C=O) groups excluding carboxylic acids is 1. The van der Waals surface area contributed by atoms with Crippen LogP contribution in [0, 0.1) is 0 Å². The molecule has 27 heavy (non-hydrogen) atoms.